The molecule has 1 heterocycles. The lowest BCUT2D eigenvalue weighted by Crippen LogP contribution is -2.39. The average molecular weight is 340 g/mol. The number of carbonyl (C=O) groups is 1. The summed E-state index contributed by atoms with van der Waals surface area (Å²) in [6.07, 6.45) is 3.16. The number of aryl methyl sites for hydroxylation is 1. The molecule has 0 bridgehead atoms. The van der Waals surface area contributed by atoms with Gasteiger partial charge in [-0.05, 0) is 57.7 Å². The van der Waals surface area contributed by atoms with Crippen LogP contribution in [0.5, 0.6) is 0 Å². The molecule has 25 heavy (non-hydrogen) atoms. The maximum Gasteiger partial charge on any atom is 0.407 e. The largest absolute Gasteiger partial charge is 0.444 e. The maximum atomic E-state index is 11.9. The number of hydrogen-bond donors (Lipinski definition) is 1. The van der Waals surface area contributed by atoms with Crippen LogP contribution in [0.1, 0.15) is 45.4 Å². The van der Waals surface area contributed by atoms with Gasteiger partial charge in [0.25, 0.3) is 0 Å². The van der Waals surface area contributed by atoms with Crippen LogP contribution < -0.4 is 5.32 Å². The molecule has 0 aliphatic carbocycles. The first-order valence-corrected chi connectivity index (χ1v) is 8.78. The van der Waals surface area contributed by atoms with Crippen LogP contribution in [-0.4, -0.2) is 22.7 Å². The second kappa shape index (κ2) is 8.15. The van der Waals surface area contributed by atoms with Crippen LogP contribution in [0.4, 0.5) is 4.79 Å². The van der Waals surface area contributed by atoms with E-state index in [9.17, 15) is 4.79 Å². The fourth-order valence-corrected chi connectivity index (χ4v) is 2.53. The minimum absolute atomic E-state index is 0.0572. The maximum absolute atomic E-state index is 11.9. The quantitative estimate of drug-likeness (QED) is 0.842. The van der Waals surface area contributed by atoms with E-state index < -0.39 is 5.60 Å². The van der Waals surface area contributed by atoms with Crippen molar-refractivity contribution in [2.45, 2.75) is 59.1 Å². The van der Waals surface area contributed by atoms with Gasteiger partial charge in [-0.25, -0.2) is 4.79 Å². The lowest BCUT2D eigenvalue weighted by atomic mass is 10.0. The Kier molecular flexibility index (Phi) is 6.18. The van der Waals surface area contributed by atoms with E-state index in [4.69, 9.17) is 4.74 Å². The van der Waals surface area contributed by atoms with Crippen molar-refractivity contribution in [3.8, 4) is 11.1 Å². The van der Waals surface area contributed by atoms with Gasteiger partial charge in [0.1, 0.15) is 5.60 Å². The molecule has 1 unspecified atom stereocenters. The predicted molar refractivity (Wildman–Crippen MR) is 102 cm³/mol. The summed E-state index contributed by atoms with van der Waals surface area (Å²) in [4.78, 5) is 16.3. The first-order valence-electron chi connectivity index (χ1n) is 8.78. The van der Waals surface area contributed by atoms with Gasteiger partial charge in [0.15, 0.2) is 0 Å². The number of hydrogen-bond acceptors (Lipinski definition) is 3. The minimum Gasteiger partial charge on any atom is -0.444 e. The highest BCUT2D eigenvalue weighted by atomic mass is 16.6. The number of carbonyl (C=O) groups excluding carboxylic acids is 1. The van der Waals surface area contributed by atoms with Crippen LogP contribution in [0.2, 0.25) is 0 Å². The van der Waals surface area contributed by atoms with E-state index >= 15 is 0 Å². The molecule has 1 aromatic carbocycles. The molecule has 4 nitrogen and oxygen atoms in total. The van der Waals surface area contributed by atoms with Gasteiger partial charge in [0.2, 0.25) is 0 Å². The number of amides is 1. The van der Waals surface area contributed by atoms with Crippen molar-refractivity contribution in [2.75, 3.05) is 0 Å². The number of rotatable bonds is 5. The molecule has 1 amide bonds. The summed E-state index contributed by atoms with van der Waals surface area (Å²) < 4.78 is 5.34. The molecule has 134 valence electrons. The summed E-state index contributed by atoms with van der Waals surface area (Å²) >= 11 is 0. The summed E-state index contributed by atoms with van der Waals surface area (Å²) in [7, 11) is 0. The van der Waals surface area contributed by atoms with Crippen molar-refractivity contribution in [3.63, 3.8) is 0 Å². The molecule has 0 saturated carbocycles. The van der Waals surface area contributed by atoms with Gasteiger partial charge in [-0.3, -0.25) is 4.98 Å². The highest BCUT2D eigenvalue weighted by molar-refractivity contribution is 5.68. The molecule has 2 aromatic rings. The second-order valence-electron chi connectivity index (χ2n) is 7.34. The van der Waals surface area contributed by atoms with Crippen LogP contribution in [0.25, 0.3) is 11.1 Å². The Balaban J connectivity index is 1.99. The molecule has 4 heteroatoms. The van der Waals surface area contributed by atoms with Crippen LogP contribution >= 0.6 is 0 Å². The Morgan fingerprint density at radius 1 is 1.12 bits per heavy atom. The number of nitrogens with one attached hydrogen (secondary N) is 1. The van der Waals surface area contributed by atoms with E-state index in [1.165, 1.54) is 5.56 Å². The van der Waals surface area contributed by atoms with Crippen molar-refractivity contribution in [3.05, 3.63) is 53.9 Å². The highest BCUT2D eigenvalue weighted by Gasteiger charge is 2.18. The standard InChI is InChI=1S/C21H28N2O2/c1-6-19(23-20(24)25-21(3,4)5)13-16-8-11-17(12-9-16)18-10-7-15(2)22-14-18/h7-12,14,19H,6,13H2,1-5H3,(H,23,24). The van der Waals surface area contributed by atoms with E-state index in [0.717, 1.165) is 29.7 Å². The zero-order chi connectivity index (χ0) is 18.4. The van der Waals surface area contributed by atoms with Crippen LogP contribution in [0.15, 0.2) is 42.6 Å². The Hall–Kier alpha value is -2.36. The lowest BCUT2D eigenvalue weighted by Gasteiger charge is -2.23. The molecular formula is C21H28N2O2. The first-order chi connectivity index (χ1) is 11.8. The third-order valence-corrected chi connectivity index (χ3v) is 3.89. The summed E-state index contributed by atoms with van der Waals surface area (Å²) in [6, 6.07) is 12.6. The Morgan fingerprint density at radius 3 is 2.28 bits per heavy atom. The molecule has 1 atom stereocenters. The second-order valence-corrected chi connectivity index (χ2v) is 7.34. The first kappa shape index (κ1) is 19.0. The topological polar surface area (TPSA) is 51.2 Å². The SMILES string of the molecule is CCC(Cc1ccc(-c2ccc(C)nc2)cc1)NC(=O)OC(C)(C)C. The van der Waals surface area contributed by atoms with Gasteiger partial charge in [-0.15, -0.1) is 0 Å². The minimum atomic E-state index is -0.480. The van der Waals surface area contributed by atoms with Crippen molar-refractivity contribution in [1.82, 2.24) is 10.3 Å². The van der Waals surface area contributed by atoms with Crippen molar-refractivity contribution in [2.24, 2.45) is 0 Å². The molecule has 2 rings (SSSR count). The zero-order valence-electron chi connectivity index (χ0n) is 15.8. The van der Waals surface area contributed by atoms with E-state index in [-0.39, 0.29) is 12.1 Å². The van der Waals surface area contributed by atoms with Crippen LogP contribution in [-0.2, 0) is 11.2 Å². The third-order valence-electron chi connectivity index (χ3n) is 3.89. The molecule has 0 aliphatic rings. The molecule has 1 N–H and O–H groups in total. The van der Waals surface area contributed by atoms with Gasteiger partial charge in [0, 0.05) is 23.5 Å². The number of alkyl carbamates (subject to hydrolysis) is 1. The molecular weight excluding hydrogens is 312 g/mol. The number of aromatic nitrogens is 1. The summed E-state index contributed by atoms with van der Waals surface area (Å²) in [6.45, 7) is 9.65. The fraction of sp³-hybridized carbons (Fsp3) is 0.429. The number of pyridine rings is 1. The lowest BCUT2D eigenvalue weighted by molar-refractivity contribution is 0.0503. The van der Waals surface area contributed by atoms with Crippen LogP contribution in [0.3, 0.4) is 0 Å². The molecule has 0 radical (unpaired) electrons. The number of benzene rings is 1. The van der Waals surface area contributed by atoms with E-state index in [1.807, 2.05) is 40.0 Å². The third kappa shape index (κ3) is 6.22. The highest BCUT2D eigenvalue weighted by Crippen LogP contribution is 2.20. The number of ether oxygens (including phenoxy) is 1. The number of nitrogens with zero attached hydrogens (tertiary/aromatic N) is 1. The molecule has 0 saturated heterocycles. The normalized spacial score (nSPS) is 12.5. The smallest absolute Gasteiger partial charge is 0.407 e. The Labute approximate surface area is 150 Å². The van der Waals surface area contributed by atoms with Gasteiger partial charge in [0.05, 0.1) is 0 Å². The molecule has 0 aliphatic heterocycles. The molecule has 0 fully saturated rings. The fourth-order valence-electron chi connectivity index (χ4n) is 2.53. The average Bonchev–Trinajstić information content (AvgIpc) is 2.54. The predicted octanol–water partition coefficient (Wildman–Crippen LogP) is 4.90. The van der Waals surface area contributed by atoms with Crippen LogP contribution in [0, 0.1) is 6.92 Å². The summed E-state index contributed by atoms with van der Waals surface area (Å²) in [5.41, 5.74) is 3.97. The van der Waals surface area contributed by atoms with Crippen molar-refractivity contribution >= 4 is 6.09 Å². The Bertz CT molecular complexity index is 685. The molecule has 1 aromatic heterocycles. The van der Waals surface area contributed by atoms with Crippen molar-refractivity contribution < 1.29 is 9.53 Å². The zero-order valence-corrected chi connectivity index (χ0v) is 15.8. The molecule has 0 spiro atoms. The van der Waals surface area contributed by atoms with Gasteiger partial charge < -0.3 is 10.1 Å². The summed E-state index contributed by atoms with van der Waals surface area (Å²) in [5, 5.41) is 2.95. The Morgan fingerprint density at radius 2 is 1.76 bits per heavy atom. The van der Waals surface area contributed by atoms with Gasteiger partial charge in [-0.2, -0.15) is 0 Å². The van der Waals surface area contributed by atoms with E-state index in [0.29, 0.717) is 0 Å². The van der Waals surface area contributed by atoms with E-state index in [1.54, 1.807) is 0 Å². The monoisotopic (exact) mass is 340 g/mol. The van der Waals surface area contributed by atoms with Gasteiger partial charge >= 0.3 is 6.09 Å². The van der Waals surface area contributed by atoms with Gasteiger partial charge in [-0.1, -0.05) is 37.3 Å². The van der Waals surface area contributed by atoms with E-state index in [2.05, 4.69) is 47.6 Å². The van der Waals surface area contributed by atoms with Crippen molar-refractivity contribution in [1.29, 1.82) is 0 Å². The summed E-state index contributed by atoms with van der Waals surface area (Å²) in [5.74, 6) is 0.